The molecule has 0 spiro atoms. The van der Waals surface area contributed by atoms with E-state index in [4.69, 9.17) is 0 Å². The van der Waals surface area contributed by atoms with E-state index < -0.39 is 0 Å². The first kappa shape index (κ1) is 13.1. The van der Waals surface area contributed by atoms with Crippen LogP contribution in [0.25, 0.3) is 0 Å². The predicted octanol–water partition coefficient (Wildman–Crippen LogP) is 2.16. The quantitative estimate of drug-likeness (QED) is 0.794. The molecule has 0 fully saturated rings. The average molecular weight is 244 g/mol. The van der Waals surface area contributed by atoms with Gasteiger partial charge in [0.2, 0.25) is 0 Å². The Kier molecular flexibility index (Phi) is 4.05. The highest BCUT2D eigenvalue weighted by Gasteiger charge is 2.30. The van der Waals surface area contributed by atoms with Gasteiger partial charge in [-0.25, -0.2) is 4.39 Å². The summed E-state index contributed by atoms with van der Waals surface area (Å²) in [4.78, 5) is 13.9. The van der Waals surface area contributed by atoms with Gasteiger partial charge in [0.05, 0.1) is 0 Å². The lowest BCUT2D eigenvalue weighted by Gasteiger charge is -2.13. The van der Waals surface area contributed by atoms with E-state index in [1.807, 2.05) is 19.0 Å². The molecule has 0 amide bonds. The van der Waals surface area contributed by atoms with Gasteiger partial charge in [-0.05, 0) is 38.2 Å². The van der Waals surface area contributed by atoms with Crippen LogP contribution < -0.4 is 0 Å². The monoisotopic (exact) mass is 243 g/mol. The fourth-order valence-corrected chi connectivity index (χ4v) is 2.12. The number of hydrogen-bond acceptors (Lipinski definition) is 2. The van der Waals surface area contributed by atoms with Gasteiger partial charge in [0.15, 0.2) is 5.78 Å². The van der Waals surface area contributed by atoms with E-state index in [0.29, 0.717) is 5.56 Å². The molecule has 2 nitrogen and oxygen atoms in total. The molecule has 0 saturated heterocycles. The normalized spacial score (nSPS) is 18.5. The van der Waals surface area contributed by atoms with Crippen molar-refractivity contribution in [1.29, 1.82) is 0 Å². The zero-order chi connectivity index (χ0) is 11.0. The van der Waals surface area contributed by atoms with E-state index in [9.17, 15) is 9.18 Å². The van der Waals surface area contributed by atoms with Crippen LogP contribution in [0, 0.1) is 11.7 Å². The van der Waals surface area contributed by atoms with Crippen molar-refractivity contribution in [3.8, 4) is 0 Å². The van der Waals surface area contributed by atoms with Crippen LogP contribution in [-0.4, -0.2) is 31.3 Å². The Morgan fingerprint density at radius 1 is 1.44 bits per heavy atom. The van der Waals surface area contributed by atoms with E-state index in [-0.39, 0.29) is 29.9 Å². The SMILES string of the molecule is CN(C)CC1Cc2ccc(F)cc2C1=O.Cl. The number of halogens is 2. The molecule has 1 unspecified atom stereocenters. The summed E-state index contributed by atoms with van der Waals surface area (Å²) in [5.74, 6) is -0.248. The number of nitrogens with zero attached hydrogens (tertiary/aromatic N) is 1. The van der Waals surface area contributed by atoms with Crippen LogP contribution in [0.1, 0.15) is 15.9 Å². The maximum atomic E-state index is 13.0. The van der Waals surface area contributed by atoms with Crippen LogP contribution in [0.4, 0.5) is 4.39 Å². The molecular weight excluding hydrogens is 229 g/mol. The zero-order valence-corrected chi connectivity index (χ0v) is 10.2. The zero-order valence-electron chi connectivity index (χ0n) is 9.37. The second kappa shape index (κ2) is 4.93. The van der Waals surface area contributed by atoms with Crippen molar-refractivity contribution in [2.45, 2.75) is 6.42 Å². The molecule has 1 aromatic rings. The summed E-state index contributed by atoms with van der Waals surface area (Å²) in [5.41, 5.74) is 1.55. The molecule has 0 radical (unpaired) electrons. The average Bonchev–Trinajstić information content (AvgIpc) is 2.44. The van der Waals surface area contributed by atoms with Gasteiger partial charge < -0.3 is 4.90 Å². The third-order valence-corrected chi connectivity index (χ3v) is 2.76. The molecule has 0 saturated carbocycles. The Labute approximate surface area is 101 Å². The fourth-order valence-electron chi connectivity index (χ4n) is 2.12. The number of fused-ring (bicyclic) bond motifs is 1. The molecule has 2 rings (SSSR count). The van der Waals surface area contributed by atoms with Gasteiger partial charge in [0, 0.05) is 18.0 Å². The number of ketones is 1. The van der Waals surface area contributed by atoms with E-state index in [0.717, 1.165) is 18.5 Å². The minimum Gasteiger partial charge on any atom is -0.309 e. The minimum atomic E-state index is -0.326. The van der Waals surface area contributed by atoms with Gasteiger partial charge in [-0.2, -0.15) is 0 Å². The number of carbonyl (C=O) groups is 1. The van der Waals surface area contributed by atoms with Crippen LogP contribution in [-0.2, 0) is 6.42 Å². The molecule has 0 bridgehead atoms. The van der Waals surface area contributed by atoms with E-state index in [1.165, 1.54) is 12.1 Å². The standard InChI is InChI=1S/C12H14FNO.ClH/c1-14(2)7-9-5-8-3-4-10(13)6-11(8)12(9)15;/h3-4,6,9H,5,7H2,1-2H3;1H. The summed E-state index contributed by atoms with van der Waals surface area (Å²) in [7, 11) is 3.88. The summed E-state index contributed by atoms with van der Waals surface area (Å²) in [6.45, 7) is 0.731. The molecule has 0 heterocycles. The van der Waals surface area contributed by atoms with Crippen LogP contribution in [0.5, 0.6) is 0 Å². The fraction of sp³-hybridized carbons (Fsp3) is 0.417. The van der Waals surface area contributed by atoms with Crippen molar-refractivity contribution in [1.82, 2.24) is 4.90 Å². The topological polar surface area (TPSA) is 20.3 Å². The second-order valence-electron chi connectivity index (χ2n) is 4.33. The first-order chi connectivity index (χ1) is 7.08. The molecule has 4 heteroatoms. The first-order valence-electron chi connectivity index (χ1n) is 5.05. The molecule has 1 aliphatic carbocycles. The Bertz CT molecular complexity index is 406. The third kappa shape index (κ3) is 2.42. The Balaban J connectivity index is 0.00000128. The lowest BCUT2D eigenvalue weighted by atomic mass is 10.1. The van der Waals surface area contributed by atoms with Gasteiger partial charge in [-0.15, -0.1) is 12.4 Å². The molecule has 1 aromatic carbocycles. The highest BCUT2D eigenvalue weighted by Crippen LogP contribution is 2.27. The summed E-state index contributed by atoms with van der Waals surface area (Å²) < 4.78 is 13.0. The van der Waals surface area contributed by atoms with Crippen LogP contribution in [0.15, 0.2) is 18.2 Å². The first-order valence-corrected chi connectivity index (χ1v) is 5.05. The van der Waals surface area contributed by atoms with Gasteiger partial charge >= 0.3 is 0 Å². The Morgan fingerprint density at radius 2 is 2.12 bits per heavy atom. The Hall–Kier alpha value is -0.930. The van der Waals surface area contributed by atoms with Crippen LogP contribution >= 0.6 is 12.4 Å². The molecular formula is C12H15ClFNO. The van der Waals surface area contributed by atoms with Crippen molar-refractivity contribution in [3.05, 3.63) is 35.1 Å². The van der Waals surface area contributed by atoms with Crippen molar-refractivity contribution in [2.24, 2.45) is 5.92 Å². The number of hydrogen-bond donors (Lipinski definition) is 0. The van der Waals surface area contributed by atoms with Crippen molar-refractivity contribution in [2.75, 3.05) is 20.6 Å². The maximum Gasteiger partial charge on any atom is 0.167 e. The number of Topliss-reactive ketones (excluding diaryl/α,β-unsaturated/α-hetero) is 1. The van der Waals surface area contributed by atoms with E-state index >= 15 is 0 Å². The molecule has 0 N–H and O–H groups in total. The van der Waals surface area contributed by atoms with Crippen molar-refractivity contribution >= 4 is 18.2 Å². The lowest BCUT2D eigenvalue weighted by molar-refractivity contribution is 0.0916. The molecule has 1 aliphatic rings. The van der Waals surface area contributed by atoms with E-state index in [1.54, 1.807) is 6.07 Å². The summed E-state index contributed by atoms with van der Waals surface area (Å²) in [5, 5.41) is 0. The smallest absolute Gasteiger partial charge is 0.167 e. The minimum absolute atomic E-state index is 0. The summed E-state index contributed by atoms with van der Waals surface area (Å²) in [6.07, 6.45) is 0.743. The molecule has 88 valence electrons. The molecule has 16 heavy (non-hydrogen) atoms. The maximum absolute atomic E-state index is 13.0. The van der Waals surface area contributed by atoms with Crippen molar-refractivity contribution < 1.29 is 9.18 Å². The summed E-state index contributed by atoms with van der Waals surface area (Å²) >= 11 is 0. The van der Waals surface area contributed by atoms with Crippen molar-refractivity contribution in [3.63, 3.8) is 0 Å². The van der Waals surface area contributed by atoms with Crippen LogP contribution in [0.2, 0.25) is 0 Å². The van der Waals surface area contributed by atoms with Gasteiger partial charge in [-0.3, -0.25) is 4.79 Å². The van der Waals surface area contributed by atoms with Gasteiger partial charge in [0.1, 0.15) is 5.82 Å². The number of rotatable bonds is 2. The number of benzene rings is 1. The highest BCUT2D eigenvalue weighted by molar-refractivity contribution is 6.02. The highest BCUT2D eigenvalue weighted by atomic mass is 35.5. The van der Waals surface area contributed by atoms with E-state index in [2.05, 4.69) is 0 Å². The largest absolute Gasteiger partial charge is 0.309 e. The predicted molar refractivity (Wildman–Crippen MR) is 63.7 cm³/mol. The third-order valence-electron chi connectivity index (χ3n) is 2.76. The van der Waals surface area contributed by atoms with Crippen LogP contribution in [0.3, 0.4) is 0 Å². The second-order valence-corrected chi connectivity index (χ2v) is 4.33. The Morgan fingerprint density at radius 3 is 2.75 bits per heavy atom. The lowest BCUT2D eigenvalue weighted by Crippen LogP contribution is -2.25. The molecule has 1 atom stereocenters. The van der Waals surface area contributed by atoms with Gasteiger partial charge in [-0.1, -0.05) is 6.07 Å². The summed E-state index contributed by atoms with van der Waals surface area (Å²) in [6, 6.07) is 4.50. The number of carbonyl (C=O) groups excluding carboxylic acids is 1. The molecule has 0 aromatic heterocycles. The van der Waals surface area contributed by atoms with Gasteiger partial charge in [0.25, 0.3) is 0 Å². The molecule has 0 aliphatic heterocycles.